The molecule has 10 heteroatoms. The van der Waals surface area contributed by atoms with E-state index < -0.39 is 23.8 Å². The zero-order valence-electron chi connectivity index (χ0n) is 24.7. The lowest BCUT2D eigenvalue weighted by molar-refractivity contribution is 0.0488. The molecule has 0 aliphatic carbocycles. The third-order valence-corrected chi connectivity index (χ3v) is 6.58. The average molecular weight is 585 g/mol. The lowest BCUT2D eigenvalue weighted by Gasteiger charge is -2.11. The largest absolute Gasteiger partial charge is 0.508 e. The Morgan fingerprint density at radius 2 is 0.857 bits per heavy atom. The van der Waals surface area contributed by atoms with Crippen LogP contribution in [-0.4, -0.2) is 47.2 Å². The zero-order chi connectivity index (χ0) is 30.7. The van der Waals surface area contributed by atoms with Gasteiger partial charge >= 0.3 is 11.9 Å². The molecule has 2 rings (SSSR count). The van der Waals surface area contributed by atoms with Gasteiger partial charge in [0, 0.05) is 11.1 Å². The molecule has 0 bridgehead atoms. The fraction of sp³-hybridized carbons (Fsp3) is 0.500. The lowest BCUT2D eigenvalue weighted by Crippen LogP contribution is -2.41. The number of carbonyl (C=O) groups is 4. The van der Waals surface area contributed by atoms with Crippen LogP contribution >= 0.6 is 0 Å². The van der Waals surface area contributed by atoms with E-state index in [0.717, 1.165) is 76.3 Å². The van der Waals surface area contributed by atoms with E-state index in [1.54, 1.807) is 0 Å². The molecule has 2 aromatic rings. The van der Waals surface area contributed by atoms with Gasteiger partial charge < -0.3 is 19.7 Å². The van der Waals surface area contributed by atoms with Gasteiger partial charge in [-0.2, -0.15) is 0 Å². The van der Waals surface area contributed by atoms with Crippen LogP contribution in [0.1, 0.15) is 132 Å². The lowest BCUT2D eigenvalue weighted by atomic mass is 10.1. The van der Waals surface area contributed by atoms with Crippen LogP contribution in [0.3, 0.4) is 0 Å². The molecular weight excluding hydrogens is 540 g/mol. The Balaban J connectivity index is 1.89. The molecule has 0 aliphatic heterocycles. The van der Waals surface area contributed by atoms with E-state index in [1.165, 1.54) is 37.1 Å². The van der Waals surface area contributed by atoms with E-state index >= 15 is 0 Å². The third kappa shape index (κ3) is 12.6. The molecule has 0 fully saturated rings. The molecule has 2 aromatic carbocycles. The molecule has 230 valence electrons. The van der Waals surface area contributed by atoms with Crippen LogP contribution in [0.2, 0.25) is 0 Å². The van der Waals surface area contributed by atoms with Gasteiger partial charge in [0.2, 0.25) is 0 Å². The van der Waals surface area contributed by atoms with Crippen LogP contribution in [0.25, 0.3) is 0 Å². The minimum atomic E-state index is -0.803. The van der Waals surface area contributed by atoms with Crippen LogP contribution < -0.4 is 10.9 Å². The number of rotatable bonds is 18. The number of hydrazine groups is 1. The first-order valence-electron chi connectivity index (χ1n) is 14.9. The number of benzene rings is 2. The molecule has 4 N–H and O–H groups in total. The molecule has 10 nitrogen and oxygen atoms in total. The summed E-state index contributed by atoms with van der Waals surface area (Å²) in [5.41, 5.74) is 4.21. The molecule has 2 amide bonds. The summed E-state index contributed by atoms with van der Waals surface area (Å²) in [7, 11) is 0. The van der Waals surface area contributed by atoms with Crippen molar-refractivity contribution in [3.63, 3.8) is 0 Å². The molecule has 42 heavy (non-hydrogen) atoms. The zero-order valence-corrected chi connectivity index (χ0v) is 24.7. The second-order valence-corrected chi connectivity index (χ2v) is 10.3. The van der Waals surface area contributed by atoms with Crippen molar-refractivity contribution in [2.24, 2.45) is 0 Å². The first-order valence-corrected chi connectivity index (χ1v) is 14.9. The Labute approximate surface area is 247 Å². The molecule has 0 aliphatic rings. The second kappa shape index (κ2) is 19.1. The third-order valence-electron chi connectivity index (χ3n) is 6.58. The van der Waals surface area contributed by atoms with Crippen molar-refractivity contribution in [2.45, 2.75) is 90.9 Å². The predicted octanol–water partition coefficient (Wildman–Crippen LogP) is 6.21. The number of esters is 2. The molecule has 0 unspecified atom stereocenters. The van der Waals surface area contributed by atoms with Crippen LogP contribution in [0.4, 0.5) is 0 Å². The Morgan fingerprint density at radius 3 is 1.24 bits per heavy atom. The molecule has 0 atom stereocenters. The summed E-state index contributed by atoms with van der Waals surface area (Å²) in [4.78, 5) is 50.1. The Kier molecular flexibility index (Phi) is 15.5. The summed E-state index contributed by atoms with van der Waals surface area (Å²) in [5.74, 6) is -3.59. The van der Waals surface area contributed by atoms with Gasteiger partial charge in [0.25, 0.3) is 11.8 Å². The topological polar surface area (TPSA) is 151 Å². The second-order valence-electron chi connectivity index (χ2n) is 10.3. The van der Waals surface area contributed by atoms with E-state index in [4.69, 9.17) is 9.47 Å². The first-order chi connectivity index (χ1) is 20.2. The highest BCUT2D eigenvalue weighted by molar-refractivity contribution is 6.02. The number of nitrogens with one attached hydrogen (secondary N) is 2. The first kappa shape index (κ1) is 34.1. The Bertz CT molecular complexity index is 1090. The highest BCUT2D eigenvalue weighted by atomic mass is 16.5. The Morgan fingerprint density at radius 1 is 0.524 bits per heavy atom. The number of hydrogen-bond acceptors (Lipinski definition) is 8. The number of carbonyl (C=O) groups excluding carboxylic acids is 4. The maximum atomic E-state index is 12.7. The van der Waals surface area contributed by atoms with Gasteiger partial charge in [0.15, 0.2) is 0 Å². The van der Waals surface area contributed by atoms with E-state index in [-0.39, 0.29) is 47.0 Å². The van der Waals surface area contributed by atoms with Crippen LogP contribution in [0.5, 0.6) is 11.5 Å². The van der Waals surface area contributed by atoms with Crippen molar-refractivity contribution in [2.75, 3.05) is 13.2 Å². The summed E-state index contributed by atoms with van der Waals surface area (Å²) in [6, 6.07) is 7.15. The quantitative estimate of drug-likeness (QED) is 0.0917. The number of amides is 2. The molecule has 0 spiro atoms. The van der Waals surface area contributed by atoms with Crippen molar-refractivity contribution in [3.8, 4) is 11.5 Å². The smallest absolute Gasteiger partial charge is 0.338 e. The highest BCUT2D eigenvalue weighted by Crippen LogP contribution is 2.19. The molecule has 0 saturated heterocycles. The van der Waals surface area contributed by atoms with Crippen LogP contribution in [-0.2, 0) is 9.47 Å². The van der Waals surface area contributed by atoms with Crippen molar-refractivity contribution in [3.05, 3.63) is 58.7 Å². The van der Waals surface area contributed by atoms with E-state index in [1.807, 2.05) is 0 Å². The predicted molar refractivity (Wildman–Crippen MR) is 158 cm³/mol. The number of unbranched alkanes of at least 4 members (excludes halogenated alkanes) is 10. The summed E-state index contributed by atoms with van der Waals surface area (Å²) in [5, 5.41) is 20.1. The number of phenols is 2. The molecule has 0 heterocycles. The van der Waals surface area contributed by atoms with Crippen molar-refractivity contribution in [1.29, 1.82) is 0 Å². The van der Waals surface area contributed by atoms with Crippen LogP contribution in [0.15, 0.2) is 36.4 Å². The van der Waals surface area contributed by atoms with Gasteiger partial charge in [-0.3, -0.25) is 20.4 Å². The summed E-state index contributed by atoms with van der Waals surface area (Å²) in [6.45, 7) is 4.75. The number of phenolic OH excluding ortho intramolecular Hbond substituents is 2. The maximum Gasteiger partial charge on any atom is 0.338 e. The molecule has 0 saturated carbocycles. The fourth-order valence-electron chi connectivity index (χ4n) is 4.24. The SMILES string of the molecule is CCCCCCCCOC(=O)c1cc(O)cc(C(=O)NNC(=O)c2cc(O)cc(C(=O)OCCCCCCCC)c2)c1. The van der Waals surface area contributed by atoms with Gasteiger partial charge in [0.05, 0.1) is 24.3 Å². The van der Waals surface area contributed by atoms with Gasteiger partial charge in [-0.15, -0.1) is 0 Å². The molecule has 0 aromatic heterocycles. The number of ether oxygens (including phenoxy) is 2. The van der Waals surface area contributed by atoms with E-state index in [0.29, 0.717) is 0 Å². The van der Waals surface area contributed by atoms with Crippen molar-refractivity contribution in [1.82, 2.24) is 10.9 Å². The highest BCUT2D eigenvalue weighted by Gasteiger charge is 2.17. The normalized spacial score (nSPS) is 10.6. The fourth-order valence-corrected chi connectivity index (χ4v) is 4.24. The number of aromatic hydroxyl groups is 2. The van der Waals surface area contributed by atoms with Crippen molar-refractivity contribution < 1.29 is 38.9 Å². The van der Waals surface area contributed by atoms with Crippen molar-refractivity contribution >= 4 is 23.8 Å². The van der Waals surface area contributed by atoms with Gasteiger partial charge in [-0.05, 0) is 49.2 Å². The monoisotopic (exact) mass is 584 g/mol. The Hall–Kier alpha value is -4.08. The molecular formula is C32H44N2O8. The summed E-state index contributed by atoms with van der Waals surface area (Å²) >= 11 is 0. The summed E-state index contributed by atoms with van der Waals surface area (Å²) in [6.07, 6.45) is 12.4. The maximum absolute atomic E-state index is 12.7. The summed E-state index contributed by atoms with van der Waals surface area (Å²) < 4.78 is 10.5. The standard InChI is InChI=1S/C32H44N2O8/c1-3-5-7-9-11-13-15-41-31(39)25-17-23(19-27(35)21-25)29(37)33-34-30(38)24-18-26(22-28(36)20-24)32(40)42-16-14-12-10-8-6-4-2/h17-22,35-36H,3-16H2,1-2H3,(H,33,37)(H,34,38). The van der Waals surface area contributed by atoms with Gasteiger partial charge in [-0.1, -0.05) is 78.1 Å². The minimum absolute atomic E-state index is 0.00504. The van der Waals surface area contributed by atoms with Gasteiger partial charge in [0.1, 0.15) is 11.5 Å². The van der Waals surface area contributed by atoms with Gasteiger partial charge in [-0.25, -0.2) is 9.59 Å². The van der Waals surface area contributed by atoms with E-state index in [9.17, 15) is 29.4 Å². The number of hydrogen-bond donors (Lipinski definition) is 4. The van der Waals surface area contributed by atoms with Crippen LogP contribution in [0, 0.1) is 0 Å². The average Bonchev–Trinajstić information content (AvgIpc) is 2.97. The molecule has 0 radical (unpaired) electrons. The van der Waals surface area contributed by atoms with E-state index in [2.05, 4.69) is 24.7 Å². The minimum Gasteiger partial charge on any atom is -0.508 e.